The fourth-order valence-electron chi connectivity index (χ4n) is 5.59. The third-order valence-corrected chi connectivity index (χ3v) is 7.46. The van der Waals surface area contributed by atoms with Crippen molar-refractivity contribution in [1.29, 1.82) is 0 Å². The zero-order valence-electron chi connectivity index (χ0n) is 21.2. The van der Waals surface area contributed by atoms with Gasteiger partial charge < -0.3 is 9.97 Å². The van der Waals surface area contributed by atoms with Crippen molar-refractivity contribution in [2.45, 2.75) is 0 Å². The summed E-state index contributed by atoms with van der Waals surface area (Å²) in [5.74, 6) is 2.39. The number of benzene rings is 4. The first kappa shape index (κ1) is 23.6. The van der Waals surface area contributed by atoms with Crippen LogP contribution < -0.4 is 0 Å². The number of nitrogens with one attached hydrogen (secondary N) is 2. The van der Waals surface area contributed by atoms with Crippen LogP contribution in [0.2, 0.25) is 0 Å². The molecule has 1 radical (unpaired) electrons. The molecule has 0 saturated heterocycles. The van der Waals surface area contributed by atoms with Gasteiger partial charge in [0.25, 0.3) is 0 Å². The van der Waals surface area contributed by atoms with E-state index in [0.29, 0.717) is 45.9 Å². The van der Waals surface area contributed by atoms with E-state index in [0.717, 1.165) is 43.8 Å². The average Bonchev–Trinajstić information content (AvgIpc) is 3.73. The van der Waals surface area contributed by atoms with Gasteiger partial charge in [0.15, 0.2) is 23.3 Å². The van der Waals surface area contributed by atoms with Crippen LogP contribution in [0.4, 0.5) is 0 Å². The maximum Gasteiger partial charge on any atom is 2.00 e. The fourth-order valence-corrected chi connectivity index (χ4v) is 5.59. The minimum absolute atomic E-state index is 0. The van der Waals surface area contributed by atoms with Crippen molar-refractivity contribution in [3.05, 3.63) is 97.1 Å². The summed E-state index contributed by atoms with van der Waals surface area (Å²) < 4.78 is 0. The number of aromatic amines is 2. The van der Waals surface area contributed by atoms with E-state index in [-0.39, 0.29) is 17.1 Å². The topological polar surface area (TPSA) is 109 Å². The van der Waals surface area contributed by atoms with Gasteiger partial charge >= 0.3 is 17.1 Å². The van der Waals surface area contributed by atoms with Crippen molar-refractivity contribution >= 4 is 44.1 Å². The molecule has 9 rings (SSSR count). The van der Waals surface area contributed by atoms with E-state index in [4.69, 9.17) is 29.9 Å². The fraction of sp³-hybridized carbons (Fsp3) is 0. The zero-order valence-corrected chi connectivity index (χ0v) is 22.2. The Morgan fingerprint density at radius 1 is 0.317 bits per heavy atom. The molecule has 195 valence electrons. The third-order valence-electron chi connectivity index (χ3n) is 7.46. The quantitative estimate of drug-likeness (QED) is 0.190. The molecule has 4 aromatic carbocycles. The number of aromatic nitrogens is 8. The van der Waals surface area contributed by atoms with Crippen molar-refractivity contribution in [3.8, 4) is 45.6 Å². The second-order valence-corrected chi connectivity index (χ2v) is 9.79. The summed E-state index contributed by atoms with van der Waals surface area (Å²) in [6.07, 6.45) is 0. The van der Waals surface area contributed by atoms with Crippen LogP contribution in [0.5, 0.6) is 0 Å². The first-order valence-electron chi connectivity index (χ1n) is 13.0. The molecule has 2 N–H and O–H groups in total. The van der Waals surface area contributed by atoms with Gasteiger partial charge in [0.2, 0.25) is 0 Å². The van der Waals surface area contributed by atoms with E-state index < -0.39 is 0 Å². The van der Waals surface area contributed by atoms with Gasteiger partial charge in [-0.15, -0.1) is 0 Å². The number of H-pyrrole nitrogens is 2. The summed E-state index contributed by atoms with van der Waals surface area (Å²) in [4.78, 5) is 36.8. The van der Waals surface area contributed by atoms with Crippen LogP contribution in [-0.4, -0.2) is 39.9 Å². The molecule has 0 atom stereocenters. The number of hydrogen-bond acceptors (Lipinski definition) is 6. The predicted octanol–water partition coefficient (Wildman–Crippen LogP) is 6.87. The van der Waals surface area contributed by atoms with Gasteiger partial charge in [-0.1, -0.05) is 97.1 Å². The number of hydrogen-bond donors (Lipinski definition) is 2. The Morgan fingerprint density at radius 2 is 0.561 bits per heavy atom. The monoisotopic (exact) mass is 577 g/mol. The third kappa shape index (κ3) is 3.53. The largest absolute Gasteiger partial charge is 2.00 e. The second kappa shape index (κ2) is 8.89. The Morgan fingerprint density at radius 3 is 0.829 bits per heavy atom. The summed E-state index contributed by atoms with van der Waals surface area (Å²) in [6, 6.07) is 32.2. The predicted molar refractivity (Wildman–Crippen MR) is 156 cm³/mol. The molecule has 0 aliphatic carbocycles. The molecular weight excluding hydrogens is 560 g/mol. The van der Waals surface area contributed by atoms with E-state index in [1.54, 1.807) is 0 Å². The van der Waals surface area contributed by atoms with Gasteiger partial charge in [-0.2, -0.15) is 0 Å². The number of nitrogens with zero attached hydrogens (tertiary/aromatic N) is 6. The molecule has 3 aromatic heterocycles. The van der Waals surface area contributed by atoms with E-state index >= 15 is 0 Å². The Labute approximate surface area is 243 Å². The first-order chi connectivity index (χ1) is 19.8. The molecule has 8 nitrogen and oxygen atoms in total. The SMILES string of the molecule is [Cu+2].c1ccc2c(c1)-c1nc-2nc2[nH]c(nc3nc(nc4[nH]c(n1)c1ccccc41)-c1ccccc1-3)c1ccccc21. The van der Waals surface area contributed by atoms with Crippen LogP contribution in [-0.2, 0) is 17.1 Å². The molecular formula is C32H18CuN8+2. The van der Waals surface area contributed by atoms with E-state index in [1.165, 1.54) is 0 Å². The molecule has 41 heavy (non-hydrogen) atoms. The maximum atomic E-state index is 5.02. The van der Waals surface area contributed by atoms with Crippen LogP contribution in [0.15, 0.2) is 97.1 Å². The molecule has 9 heteroatoms. The Hall–Kier alpha value is -5.24. The second-order valence-electron chi connectivity index (χ2n) is 9.79. The zero-order chi connectivity index (χ0) is 26.2. The molecule has 0 unspecified atom stereocenters. The molecule has 2 aliphatic heterocycles. The van der Waals surface area contributed by atoms with Gasteiger partial charge in [-0.05, 0) is 0 Å². The summed E-state index contributed by atoms with van der Waals surface area (Å²) in [5.41, 5.74) is 6.45. The van der Waals surface area contributed by atoms with Crippen molar-refractivity contribution in [1.82, 2.24) is 39.9 Å². The minimum Gasteiger partial charge on any atom is -0.324 e. The Balaban J connectivity index is 0.00000256. The summed E-state index contributed by atoms with van der Waals surface area (Å²) in [6.45, 7) is 0. The number of rotatable bonds is 0. The Kier molecular flexibility index (Phi) is 5.12. The standard InChI is InChI=1S/C32H18N8.Cu/c1-2-10-18-17(9-1)25-33-26(18)38-28-21-13-5-6-14-22(21)30(35-28)40-32-24-16-8-7-15-23(24)31(36-32)39-29-20-12-4-3-11-19(20)27(34-29)37-25;/h1-16H,(H2,33,34,35,36,37,38,39,40);/q;+2. The Bertz CT molecular complexity index is 2030. The molecule has 0 fully saturated rings. The molecule has 7 aromatic rings. The molecule has 2 aliphatic rings. The number of fused-ring (bicyclic) bond motifs is 20. The smallest absolute Gasteiger partial charge is 0.324 e. The summed E-state index contributed by atoms with van der Waals surface area (Å²) in [5, 5.41) is 3.82. The van der Waals surface area contributed by atoms with Crippen molar-refractivity contribution in [3.63, 3.8) is 0 Å². The van der Waals surface area contributed by atoms with Crippen molar-refractivity contribution < 1.29 is 17.1 Å². The van der Waals surface area contributed by atoms with Gasteiger partial charge in [-0.25, -0.2) is 29.9 Å². The first-order valence-corrected chi connectivity index (χ1v) is 13.0. The molecule has 0 spiro atoms. The van der Waals surface area contributed by atoms with E-state index in [9.17, 15) is 0 Å². The summed E-state index contributed by atoms with van der Waals surface area (Å²) in [7, 11) is 0. The van der Waals surface area contributed by atoms with Crippen LogP contribution >= 0.6 is 0 Å². The summed E-state index contributed by atoms with van der Waals surface area (Å²) >= 11 is 0. The van der Waals surface area contributed by atoms with Crippen molar-refractivity contribution in [2.24, 2.45) is 0 Å². The van der Waals surface area contributed by atoms with Gasteiger partial charge in [0.05, 0.1) is 0 Å². The average molecular weight is 578 g/mol. The van der Waals surface area contributed by atoms with Crippen LogP contribution in [0.25, 0.3) is 89.7 Å². The maximum absolute atomic E-state index is 5.02. The molecule has 0 saturated carbocycles. The van der Waals surface area contributed by atoms with E-state index in [1.807, 2.05) is 97.1 Å². The molecule has 8 bridgehead atoms. The van der Waals surface area contributed by atoms with Gasteiger partial charge in [0.1, 0.15) is 22.6 Å². The van der Waals surface area contributed by atoms with Crippen molar-refractivity contribution in [2.75, 3.05) is 0 Å². The normalized spacial score (nSPS) is 11.7. The minimum atomic E-state index is 0. The molecule has 0 amide bonds. The molecule has 5 heterocycles. The van der Waals surface area contributed by atoms with Gasteiger partial charge in [-0.3, -0.25) is 0 Å². The van der Waals surface area contributed by atoms with Gasteiger partial charge in [0, 0.05) is 43.8 Å². The van der Waals surface area contributed by atoms with Crippen LogP contribution in [0, 0.1) is 0 Å². The van der Waals surface area contributed by atoms with Crippen LogP contribution in [0.1, 0.15) is 0 Å². The van der Waals surface area contributed by atoms with E-state index in [2.05, 4.69) is 9.97 Å². The van der Waals surface area contributed by atoms with Crippen LogP contribution in [0.3, 0.4) is 0 Å².